The number of hydrogen-bond acceptors (Lipinski definition) is 7. The maximum absolute atomic E-state index is 12.7. The molecule has 1 unspecified atom stereocenters. The number of amides is 1. The van der Waals surface area contributed by atoms with Gasteiger partial charge in [-0.05, 0) is 48.5 Å². The smallest absolute Gasteiger partial charge is 0.233 e. The van der Waals surface area contributed by atoms with E-state index in [4.69, 9.17) is 0 Å². The molecule has 0 spiro atoms. The Kier molecular flexibility index (Phi) is 6.18. The quantitative estimate of drug-likeness (QED) is 0.721. The van der Waals surface area contributed by atoms with E-state index in [0.717, 1.165) is 31.0 Å². The highest BCUT2D eigenvalue weighted by molar-refractivity contribution is 7.99. The number of thioether (sulfide) groups is 2. The molecule has 2 saturated heterocycles. The van der Waals surface area contributed by atoms with E-state index in [1.54, 1.807) is 11.7 Å². The molecule has 0 saturated carbocycles. The molecule has 2 fully saturated rings. The van der Waals surface area contributed by atoms with Crippen LogP contribution >= 0.6 is 23.5 Å². The summed E-state index contributed by atoms with van der Waals surface area (Å²) in [6, 6.07) is 0.339. The highest BCUT2D eigenvalue weighted by atomic mass is 32.2. The van der Waals surface area contributed by atoms with Gasteiger partial charge in [-0.2, -0.15) is 11.8 Å². The molecule has 0 bridgehead atoms. The second kappa shape index (κ2) is 8.34. The van der Waals surface area contributed by atoms with Gasteiger partial charge >= 0.3 is 0 Å². The first kappa shape index (κ1) is 17.0. The molecule has 9 heteroatoms. The number of rotatable bonds is 5. The van der Waals surface area contributed by atoms with Gasteiger partial charge in [-0.3, -0.25) is 4.79 Å². The number of aryl methyl sites for hydroxylation is 1. The van der Waals surface area contributed by atoms with Gasteiger partial charge in [0.2, 0.25) is 11.1 Å². The van der Waals surface area contributed by atoms with Crippen molar-refractivity contribution in [3.05, 3.63) is 0 Å². The topological polar surface area (TPSA) is 67.2 Å². The Hall–Kier alpha value is -0.800. The zero-order chi connectivity index (χ0) is 16.1. The van der Waals surface area contributed by atoms with Crippen LogP contribution in [0.3, 0.4) is 0 Å². The minimum atomic E-state index is 0.213. The molecule has 128 valence electrons. The van der Waals surface area contributed by atoms with Gasteiger partial charge in [0.05, 0.1) is 11.8 Å². The number of hydrogen-bond donors (Lipinski definition) is 0. The van der Waals surface area contributed by atoms with Crippen LogP contribution in [0.5, 0.6) is 0 Å². The first-order valence-electron chi connectivity index (χ1n) is 8.19. The van der Waals surface area contributed by atoms with Crippen molar-refractivity contribution in [1.82, 2.24) is 30.0 Å². The molecular weight excluding hydrogens is 332 g/mol. The molecule has 23 heavy (non-hydrogen) atoms. The van der Waals surface area contributed by atoms with Crippen LogP contribution in [0.1, 0.15) is 19.3 Å². The van der Waals surface area contributed by atoms with Gasteiger partial charge in [-0.1, -0.05) is 11.8 Å². The van der Waals surface area contributed by atoms with E-state index in [1.807, 2.05) is 11.8 Å². The minimum Gasteiger partial charge on any atom is -0.337 e. The normalized spacial score (nSPS) is 23.2. The van der Waals surface area contributed by atoms with Crippen LogP contribution in [-0.4, -0.2) is 85.4 Å². The molecule has 3 heterocycles. The molecule has 1 aromatic rings. The average Bonchev–Trinajstić information content (AvgIpc) is 3.13. The number of tetrazole rings is 1. The second-order valence-corrected chi connectivity index (χ2v) is 8.14. The van der Waals surface area contributed by atoms with Crippen LogP contribution in [0.2, 0.25) is 0 Å². The Morgan fingerprint density at radius 1 is 1.30 bits per heavy atom. The highest BCUT2D eigenvalue weighted by Crippen LogP contribution is 2.21. The van der Waals surface area contributed by atoms with E-state index >= 15 is 0 Å². The van der Waals surface area contributed by atoms with Gasteiger partial charge < -0.3 is 9.80 Å². The largest absolute Gasteiger partial charge is 0.337 e. The van der Waals surface area contributed by atoms with Crippen molar-refractivity contribution < 1.29 is 4.79 Å². The van der Waals surface area contributed by atoms with Gasteiger partial charge in [0.15, 0.2) is 0 Å². The fourth-order valence-electron chi connectivity index (χ4n) is 3.12. The lowest BCUT2D eigenvalue weighted by Gasteiger charge is -2.32. The average molecular weight is 357 g/mol. The summed E-state index contributed by atoms with van der Waals surface area (Å²) in [6.45, 7) is 4.27. The number of aromatic nitrogens is 4. The van der Waals surface area contributed by atoms with E-state index in [-0.39, 0.29) is 5.91 Å². The number of likely N-dealkylation sites (tertiary alicyclic amines) is 1. The highest BCUT2D eigenvalue weighted by Gasteiger charge is 2.28. The predicted molar refractivity (Wildman–Crippen MR) is 92.6 cm³/mol. The van der Waals surface area contributed by atoms with Crippen LogP contribution in [-0.2, 0) is 11.8 Å². The molecule has 0 radical (unpaired) electrons. The number of carbonyl (C=O) groups excluding carboxylic acids is 1. The SMILES string of the molecule is Cn1nnnc1SCC(=O)N1CCCSCC1CN1CCCC1. The lowest BCUT2D eigenvalue weighted by atomic mass is 10.2. The Bertz CT molecular complexity index is 519. The van der Waals surface area contributed by atoms with Gasteiger partial charge in [0.25, 0.3) is 0 Å². The minimum absolute atomic E-state index is 0.213. The summed E-state index contributed by atoms with van der Waals surface area (Å²) in [5.74, 6) is 2.83. The van der Waals surface area contributed by atoms with Crippen molar-refractivity contribution in [3.63, 3.8) is 0 Å². The molecule has 7 nitrogen and oxygen atoms in total. The third kappa shape index (κ3) is 4.60. The Morgan fingerprint density at radius 2 is 2.13 bits per heavy atom. The standard InChI is InChI=1S/C14H24N6OS2/c1-18-14(15-16-17-18)23-11-13(21)20-7-4-8-22-10-12(20)9-19-5-2-3-6-19/h12H,2-11H2,1H3. The number of nitrogens with zero attached hydrogens (tertiary/aromatic N) is 6. The van der Waals surface area contributed by atoms with Crippen molar-refractivity contribution >= 4 is 29.4 Å². The van der Waals surface area contributed by atoms with E-state index < -0.39 is 0 Å². The molecule has 0 aliphatic carbocycles. The molecule has 1 atom stereocenters. The molecule has 3 rings (SSSR count). The van der Waals surface area contributed by atoms with E-state index in [0.29, 0.717) is 17.0 Å². The fourth-order valence-corrected chi connectivity index (χ4v) is 4.92. The molecule has 0 N–H and O–H groups in total. The van der Waals surface area contributed by atoms with Crippen LogP contribution in [0, 0.1) is 0 Å². The fraction of sp³-hybridized carbons (Fsp3) is 0.857. The van der Waals surface area contributed by atoms with Crippen molar-refractivity contribution in [2.75, 3.05) is 43.4 Å². The summed E-state index contributed by atoms with van der Waals surface area (Å²) >= 11 is 3.41. The van der Waals surface area contributed by atoms with Gasteiger partial charge in [-0.25, -0.2) is 4.68 Å². The summed E-state index contributed by atoms with van der Waals surface area (Å²) in [5.41, 5.74) is 0. The summed E-state index contributed by atoms with van der Waals surface area (Å²) in [4.78, 5) is 17.4. The van der Waals surface area contributed by atoms with Crippen LogP contribution in [0.4, 0.5) is 0 Å². The molecule has 2 aliphatic heterocycles. The second-order valence-electron chi connectivity index (χ2n) is 6.05. The lowest BCUT2D eigenvalue weighted by molar-refractivity contribution is -0.130. The summed E-state index contributed by atoms with van der Waals surface area (Å²) < 4.78 is 1.61. The summed E-state index contributed by atoms with van der Waals surface area (Å²) in [7, 11) is 1.80. The lowest BCUT2D eigenvalue weighted by Crippen LogP contribution is -2.48. The maximum Gasteiger partial charge on any atom is 0.233 e. The van der Waals surface area contributed by atoms with Gasteiger partial charge in [-0.15, -0.1) is 5.10 Å². The van der Waals surface area contributed by atoms with Crippen molar-refractivity contribution in [1.29, 1.82) is 0 Å². The maximum atomic E-state index is 12.7. The zero-order valence-corrected chi connectivity index (χ0v) is 15.2. The van der Waals surface area contributed by atoms with Gasteiger partial charge in [0, 0.05) is 25.9 Å². The van der Waals surface area contributed by atoms with Crippen LogP contribution < -0.4 is 0 Å². The Morgan fingerprint density at radius 3 is 2.87 bits per heavy atom. The van der Waals surface area contributed by atoms with E-state index in [2.05, 4.69) is 25.3 Å². The third-order valence-corrected chi connectivity index (χ3v) is 6.53. The zero-order valence-electron chi connectivity index (χ0n) is 13.6. The molecule has 2 aliphatic rings. The molecule has 1 aromatic heterocycles. The van der Waals surface area contributed by atoms with Gasteiger partial charge in [0.1, 0.15) is 0 Å². The first-order valence-corrected chi connectivity index (χ1v) is 10.3. The van der Waals surface area contributed by atoms with Crippen molar-refractivity contribution in [2.24, 2.45) is 7.05 Å². The summed E-state index contributed by atoms with van der Waals surface area (Å²) in [5, 5.41) is 12.1. The third-order valence-electron chi connectivity index (χ3n) is 4.33. The van der Waals surface area contributed by atoms with Crippen molar-refractivity contribution in [3.8, 4) is 0 Å². The Labute approximate surface area is 145 Å². The van der Waals surface area contributed by atoms with Crippen LogP contribution in [0.25, 0.3) is 0 Å². The number of carbonyl (C=O) groups is 1. The first-order chi connectivity index (χ1) is 11.2. The molecular formula is C14H24N6OS2. The van der Waals surface area contributed by atoms with E-state index in [1.165, 1.54) is 37.7 Å². The van der Waals surface area contributed by atoms with E-state index in [9.17, 15) is 4.79 Å². The van der Waals surface area contributed by atoms with Crippen LogP contribution in [0.15, 0.2) is 5.16 Å². The van der Waals surface area contributed by atoms with Crippen molar-refractivity contribution in [2.45, 2.75) is 30.5 Å². The Balaban J connectivity index is 1.58. The molecule has 1 amide bonds. The summed E-state index contributed by atoms with van der Waals surface area (Å²) in [6.07, 6.45) is 3.68. The molecule has 0 aromatic carbocycles. The predicted octanol–water partition coefficient (Wildman–Crippen LogP) is 0.732. The monoisotopic (exact) mass is 356 g/mol.